The fourth-order valence-electron chi connectivity index (χ4n) is 4.89. The van der Waals surface area contributed by atoms with Crippen molar-refractivity contribution >= 4 is 16.8 Å². The Kier molecular flexibility index (Phi) is 4.51. The molecule has 0 aliphatic carbocycles. The van der Waals surface area contributed by atoms with Crippen molar-refractivity contribution in [3.8, 4) is 0 Å². The SMILES string of the molecule is CC.CC(C)n1nc2c3c(cccc31)C(=O)N(C1CN3CCC1CC3)C2. The molecular formula is C21H30N4O. The second kappa shape index (κ2) is 6.69. The average molecular weight is 354 g/mol. The Balaban J connectivity index is 0.000000814. The first kappa shape index (κ1) is 17.5. The van der Waals surface area contributed by atoms with Gasteiger partial charge in [-0.15, -0.1) is 0 Å². The third-order valence-corrected chi connectivity index (χ3v) is 6.13. The van der Waals surface area contributed by atoms with Gasteiger partial charge in [-0.3, -0.25) is 9.48 Å². The standard InChI is InChI=1S/C19H24N4O.C2H6/c1-12(2)23-16-5-3-4-14-18(16)15(20-23)10-22(19(14)24)17-11-21-8-6-13(17)7-9-21;1-2/h3-5,12-13,17H,6-11H2,1-2H3;1-2H3. The van der Waals surface area contributed by atoms with Gasteiger partial charge in [0.1, 0.15) is 0 Å². The summed E-state index contributed by atoms with van der Waals surface area (Å²) in [6, 6.07) is 6.73. The number of hydrogen-bond donors (Lipinski definition) is 0. The number of fused-ring (bicyclic) bond motifs is 3. The summed E-state index contributed by atoms with van der Waals surface area (Å²) in [4.78, 5) is 17.9. The summed E-state index contributed by atoms with van der Waals surface area (Å²) in [7, 11) is 0. The smallest absolute Gasteiger partial charge is 0.255 e. The van der Waals surface area contributed by atoms with Crippen LogP contribution in [-0.2, 0) is 6.54 Å². The van der Waals surface area contributed by atoms with Crippen molar-refractivity contribution in [2.45, 2.75) is 59.2 Å². The molecule has 1 amide bonds. The monoisotopic (exact) mass is 354 g/mol. The highest BCUT2D eigenvalue weighted by atomic mass is 16.2. The average Bonchev–Trinajstić information content (AvgIpc) is 3.07. The quantitative estimate of drug-likeness (QED) is 0.826. The highest BCUT2D eigenvalue weighted by molar-refractivity contribution is 6.09. The van der Waals surface area contributed by atoms with E-state index in [-0.39, 0.29) is 5.91 Å². The zero-order valence-electron chi connectivity index (χ0n) is 16.4. The van der Waals surface area contributed by atoms with Crippen molar-refractivity contribution < 1.29 is 4.79 Å². The van der Waals surface area contributed by atoms with E-state index in [1.807, 2.05) is 26.0 Å². The molecule has 26 heavy (non-hydrogen) atoms. The van der Waals surface area contributed by atoms with E-state index in [4.69, 9.17) is 5.10 Å². The minimum atomic E-state index is 0.204. The summed E-state index contributed by atoms with van der Waals surface area (Å²) >= 11 is 0. The van der Waals surface area contributed by atoms with Crippen LogP contribution in [0.3, 0.4) is 0 Å². The van der Waals surface area contributed by atoms with Crippen LogP contribution in [0.15, 0.2) is 18.2 Å². The minimum Gasteiger partial charge on any atom is -0.328 e. The molecule has 4 aliphatic heterocycles. The van der Waals surface area contributed by atoms with Gasteiger partial charge in [-0.25, -0.2) is 0 Å². The lowest BCUT2D eigenvalue weighted by Crippen LogP contribution is -2.59. The summed E-state index contributed by atoms with van der Waals surface area (Å²) in [5.41, 5.74) is 3.02. The lowest BCUT2D eigenvalue weighted by Gasteiger charge is -2.49. The molecule has 0 saturated carbocycles. The van der Waals surface area contributed by atoms with Crippen LogP contribution in [0, 0.1) is 5.92 Å². The van der Waals surface area contributed by atoms with E-state index in [2.05, 4.69) is 34.4 Å². The molecule has 3 saturated heterocycles. The normalized spacial score (nSPS) is 27.0. The van der Waals surface area contributed by atoms with E-state index >= 15 is 0 Å². The van der Waals surface area contributed by atoms with E-state index in [0.717, 1.165) is 28.7 Å². The Morgan fingerprint density at radius 2 is 1.88 bits per heavy atom. The van der Waals surface area contributed by atoms with Crippen molar-refractivity contribution in [1.82, 2.24) is 19.6 Å². The molecule has 1 aromatic heterocycles. The summed E-state index contributed by atoms with van der Waals surface area (Å²) < 4.78 is 2.07. The second-order valence-corrected chi connectivity index (χ2v) is 7.82. The van der Waals surface area contributed by atoms with Gasteiger partial charge in [0, 0.05) is 24.0 Å². The van der Waals surface area contributed by atoms with Crippen LogP contribution in [0.25, 0.3) is 10.9 Å². The Morgan fingerprint density at radius 1 is 1.15 bits per heavy atom. The third kappa shape index (κ3) is 2.56. The molecule has 4 aliphatic rings. The molecule has 5 nitrogen and oxygen atoms in total. The topological polar surface area (TPSA) is 41.4 Å². The first-order valence-electron chi connectivity index (χ1n) is 10.2. The Labute approximate surface area is 155 Å². The first-order chi connectivity index (χ1) is 12.6. The van der Waals surface area contributed by atoms with Crippen LogP contribution in [0.1, 0.15) is 62.6 Å². The number of rotatable bonds is 2. The van der Waals surface area contributed by atoms with E-state index in [1.165, 1.54) is 25.9 Å². The van der Waals surface area contributed by atoms with E-state index < -0.39 is 0 Å². The van der Waals surface area contributed by atoms with Crippen LogP contribution in [-0.4, -0.2) is 51.2 Å². The Bertz CT molecular complexity index is 817. The number of carbonyl (C=O) groups is 1. The number of amides is 1. The molecule has 2 bridgehead atoms. The van der Waals surface area contributed by atoms with Gasteiger partial charge in [-0.1, -0.05) is 19.9 Å². The molecule has 5 heteroatoms. The van der Waals surface area contributed by atoms with Gasteiger partial charge in [0.15, 0.2) is 0 Å². The maximum absolute atomic E-state index is 13.2. The van der Waals surface area contributed by atoms with Crippen LogP contribution in [0.5, 0.6) is 0 Å². The van der Waals surface area contributed by atoms with Crippen LogP contribution in [0.4, 0.5) is 0 Å². The molecule has 140 valence electrons. The fraction of sp³-hybridized carbons (Fsp3) is 0.619. The number of carbonyl (C=O) groups excluding carboxylic acids is 1. The molecule has 2 aromatic rings. The highest BCUT2D eigenvalue weighted by Gasteiger charge is 2.42. The van der Waals surface area contributed by atoms with Gasteiger partial charge in [-0.2, -0.15) is 5.10 Å². The number of piperidine rings is 3. The fourth-order valence-corrected chi connectivity index (χ4v) is 4.89. The highest BCUT2D eigenvalue weighted by Crippen LogP contribution is 2.37. The van der Waals surface area contributed by atoms with Crippen molar-refractivity contribution in [2.24, 2.45) is 5.92 Å². The number of benzene rings is 1. The van der Waals surface area contributed by atoms with E-state index in [0.29, 0.717) is 24.5 Å². The van der Waals surface area contributed by atoms with Gasteiger partial charge in [0.2, 0.25) is 0 Å². The summed E-state index contributed by atoms with van der Waals surface area (Å²) in [5.74, 6) is 0.863. The van der Waals surface area contributed by atoms with Crippen molar-refractivity contribution in [1.29, 1.82) is 0 Å². The molecule has 0 spiro atoms. The second-order valence-electron chi connectivity index (χ2n) is 7.82. The number of hydrogen-bond acceptors (Lipinski definition) is 3. The van der Waals surface area contributed by atoms with Crippen molar-refractivity contribution in [2.75, 3.05) is 19.6 Å². The third-order valence-electron chi connectivity index (χ3n) is 6.13. The first-order valence-corrected chi connectivity index (χ1v) is 10.2. The maximum Gasteiger partial charge on any atom is 0.255 e. The minimum absolute atomic E-state index is 0.204. The number of aromatic nitrogens is 2. The predicted molar refractivity (Wildman–Crippen MR) is 104 cm³/mol. The summed E-state index contributed by atoms with van der Waals surface area (Å²) in [5, 5.41) is 5.95. The Morgan fingerprint density at radius 3 is 2.50 bits per heavy atom. The van der Waals surface area contributed by atoms with Crippen molar-refractivity contribution in [3.05, 3.63) is 29.5 Å². The zero-order valence-corrected chi connectivity index (χ0v) is 16.4. The van der Waals surface area contributed by atoms with Gasteiger partial charge in [0.05, 0.1) is 23.3 Å². The molecule has 3 fully saturated rings. The largest absolute Gasteiger partial charge is 0.328 e. The molecule has 1 unspecified atom stereocenters. The van der Waals surface area contributed by atoms with Gasteiger partial charge in [-0.05, 0) is 57.8 Å². The van der Waals surface area contributed by atoms with Gasteiger partial charge < -0.3 is 9.80 Å². The van der Waals surface area contributed by atoms with Crippen LogP contribution < -0.4 is 0 Å². The molecule has 1 aromatic carbocycles. The zero-order chi connectivity index (χ0) is 18.4. The molecule has 0 N–H and O–H groups in total. The molecular weight excluding hydrogens is 324 g/mol. The van der Waals surface area contributed by atoms with E-state index in [1.54, 1.807) is 0 Å². The lowest BCUT2D eigenvalue weighted by atomic mass is 9.82. The summed E-state index contributed by atoms with van der Waals surface area (Å²) in [6.07, 6.45) is 2.46. The van der Waals surface area contributed by atoms with Crippen LogP contribution >= 0.6 is 0 Å². The van der Waals surface area contributed by atoms with Gasteiger partial charge >= 0.3 is 0 Å². The number of nitrogens with zero attached hydrogens (tertiary/aromatic N) is 4. The Hall–Kier alpha value is -1.88. The molecule has 1 atom stereocenters. The van der Waals surface area contributed by atoms with Crippen LogP contribution in [0.2, 0.25) is 0 Å². The maximum atomic E-state index is 13.2. The predicted octanol–water partition coefficient (Wildman–Crippen LogP) is 3.69. The van der Waals surface area contributed by atoms with Crippen molar-refractivity contribution in [3.63, 3.8) is 0 Å². The molecule has 6 rings (SSSR count). The van der Waals surface area contributed by atoms with E-state index in [9.17, 15) is 4.79 Å². The molecule has 0 radical (unpaired) electrons. The molecule has 5 heterocycles. The lowest BCUT2D eigenvalue weighted by molar-refractivity contribution is 0.00361. The summed E-state index contributed by atoms with van der Waals surface area (Å²) in [6.45, 7) is 12.4. The van der Waals surface area contributed by atoms with Gasteiger partial charge in [0.25, 0.3) is 5.91 Å².